The van der Waals surface area contributed by atoms with Crippen molar-refractivity contribution in [1.82, 2.24) is 5.32 Å². The molecule has 2 bridgehead atoms. The van der Waals surface area contributed by atoms with E-state index in [2.05, 4.69) is 5.32 Å². The summed E-state index contributed by atoms with van der Waals surface area (Å²) < 4.78 is 5.49. The Kier molecular flexibility index (Phi) is 3.92. The first-order valence-electron chi connectivity index (χ1n) is 7.85. The molecule has 2 N–H and O–H groups in total. The van der Waals surface area contributed by atoms with E-state index in [4.69, 9.17) is 4.74 Å². The van der Waals surface area contributed by atoms with E-state index < -0.39 is 6.29 Å². The van der Waals surface area contributed by atoms with Crippen LogP contribution in [0.25, 0.3) is 0 Å². The van der Waals surface area contributed by atoms with Crippen LogP contribution < -0.4 is 5.32 Å². The first kappa shape index (κ1) is 12.9. The second kappa shape index (κ2) is 5.48. The van der Waals surface area contributed by atoms with Crippen LogP contribution in [0.2, 0.25) is 0 Å². The molecule has 1 unspecified atom stereocenters. The van der Waals surface area contributed by atoms with Crippen LogP contribution in [-0.2, 0) is 4.74 Å². The Labute approximate surface area is 110 Å². The molecule has 0 aliphatic heterocycles. The smallest absolute Gasteiger partial charge is 0.159 e. The van der Waals surface area contributed by atoms with Crippen LogP contribution >= 0.6 is 0 Å². The normalized spacial score (nSPS) is 41.7. The van der Waals surface area contributed by atoms with Gasteiger partial charge in [-0.25, -0.2) is 0 Å². The van der Waals surface area contributed by atoms with Crippen molar-refractivity contribution in [3.05, 3.63) is 0 Å². The van der Waals surface area contributed by atoms with E-state index in [-0.39, 0.29) is 0 Å². The molecular weight excluding hydrogens is 226 g/mol. The number of hydrogen-bond donors (Lipinski definition) is 2. The Morgan fingerprint density at radius 3 is 2.61 bits per heavy atom. The number of nitrogens with one attached hydrogen (secondary N) is 1. The molecule has 104 valence electrons. The number of aliphatic hydroxyl groups excluding tert-OH is 1. The number of hydrogen-bond acceptors (Lipinski definition) is 3. The fourth-order valence-electron chi connectivity index (χ4n) is 4.64. The van der Waals surface area contributed by atoms with Crippen molar-refractivity contribution in [1.29, 1.82) is 0 Å². The van der Waals surface area contributed by atoms with E-state index in [1.807, 2.05) is 6.92 Å². The largest absolute Gasteiger partial charge is 0.368 e. The van der Waals surface area contributed by atoms with Crippen LogP contribution in [0.15, 0.2) is 0 Å². The van der Waals surface area contributed by atoms with Gasteiger partial charge in [-0.3, -0.25) is 0 Å². The number of aliphatic hydroxyl groups is 1. The highest BCUT2D eigenvalue weighted by atomic mass is 16.6. The molecule has 0 spiro atoms. The zero-order chi connectivity index (χ0) is 12.5. The third-order valence-electron chi connectivity index (χ3n) is 5.43. The molecule has 3 heteroatoms. The summed E-state index contributed by atoms with van der Waals surface area (Å²) in [5, 5.41) is 14.1. The van der Waals surface area contributed by atoms with Crippen molar-refractivity contribution >= 4 is 0 Å². The third kappa shape index (κ3) is 2.33. The number of fused-ring (bicyclic) bond motifs is 2. The molecule has 3 rings (SSSR count). The van der Waals surface area contributed by atoms with E-state index in [0.29, 0.717) is 30.5 Å². The van der Waals surface area contributed by atoms with Gasteiger partial charge < -0.3 is 15.2 Å². The van der Waals surface area contributed by atoms with Gasteiger partial charge in [-0.2, -0.15) is 0 Å². The maximum absolute atomic E-state index is 10.3. The van der Waals surface area contributed by atoms with Crippen molar-refractivity contribution < 1.29 is 9.84 Å². The molecule has 3 saturated carbocycles. The van der Waals surface area contributed by atoms with E-state index in [0.717, 1.165) is 5.92 Å². The first-order chi connectivity index (χ1) is 8.79. The van der Waals surface area contributed by atoms with Crippen molar-refractivity contribution in [2.45, 2.75) is 70.2 Å². The van der Waals surface area contributed by atoms with Gasteiger partial charge in [-0.1, -0.05) is 12.8 Å². The minimum absolute atomic E-state index is 0.337. The van der Waals surface area contributed by atoms with Crippen molar-refractivity contribution in [2.24, 2.45) is 17.8 Å². The lowest BCUT2D eigenvalue weighted by Gasteiger charge is -2.36. The van der Waals surface area contributed by atoms with E-state index in [9.17, 15) is 5.11 Å². The number of rotatable bonds is 5. The van der Waals surface area contributed by atoms with E-state index in [1.54, 1.807) is 0 Å². The lowest BCUT2D eigenvalue weighted by molar-refractivity contribution is -0.148. The van der Waals surface area contributed by atoms with E-state index >= 15 is 0 Å². The molecule has 0 heterocycles. The minimum atomic E-state index is -0.552. The molecule has 3 aliphatic rings. The highest BCUT2D eigenvalue weighted by Gasteiger charge is 2.51. The second-order valence-corrected chi connectivity index (χ2v) is 6.43. The zero-order valence-corrected chi connectivity index (χ0v) is 11.5. The van der Waals surface area contributed by atoms with Crippen LogP contribution in [0, 0.1) is 17.8 Å². The topological polar surface area (TPSA) is 41.5 Å². The quantitative estimate of drug-likeness (QED) is 0.739. The van der Waals surface area contributed by atoms with Crippen LogP contribution in [0.4, 0.5) is 0 Å². The second-order valence-electron chi connectivity index (χ2n) is 6.43. The Morgan fingerprint density at radius 2 is 1.89 bits per heavy atom. The lowest BCUT2D eigenvalue weighted by atomic mass is 9.83. The molecule has 3 fully saturated rings. The summed E-state index contributed by atoms with van der Waals surface area (Å²) in [7, 11) is 0. The third-order valence-corrected chi connectivity index (χ3v) is 5.43. The summed E-state index contributed by atoms with van der Waals surface area (Å²) in [5.41, 5.74) is 0. The molecule has 0 aromatic heterocycles. The maximum atomic E-state index is 10.3. The average Bonchev–Trinajstić information content (AvgIpc) is 3.04. The first-order valence-corrected chi connectivity index (χ1v) is 7.85. The highest BCUT2D eigenvalue weighted by molar-refractivity contribution is 5.02. The Bertz CT molecular complexity index is 278. The van der Waals surface area contributed by atoms with Crippen molar-refractivity contribution in [3.8, 4) is 0 Å². The SMILES string of the molecule is CCOC(O)[C@@H]1[C@H]2CC[C@H](C2)[C@@H]1NC1CCCC1. The summed E-state index contributed by atoms with van der Waals surface area (Å²) in [6.45, 7) is 2.58. The van der Waals surface area contributed by atoms with Gasteiger partial charge in [-0.05, 0) is 50.9 Å². The molecule has 0 amide bonds. The molecule has 0 aromatic rings. The van der Waals surface area contributed by atoms with Crippen LogP contribution in [0.1, 0.15) is 51.9 Å². The maximum Gasteiger partial charge on any atom is 0.159 e. The molecule has 5 atom stereocenters. The average molecular weight is 253 g/mol. The summed E-state index contributed by atoms with van der Waals surface area (Å²) in [5.74, 6) is 1.82. The lowest BCUT2D eigenvalue weighted by Crippen LogP contribution is -2.49. The number of ether oxygens (including phenoxy) is 1. The summed E-state index contributed by atoms with van der Waals surface area (Å²) >= 11 is 0. The molecule has 0 radical (unpaired) electrons. The van der Waals surface area contributed by atoms with Gasteiger partial charge in [0, 0.05) is 24.6 Å². The predicted octanol–water partition coefficient (Wildman–Crippen LogP) is 2.29. The van der Waals surface area contributed by atoms with Crippen molar-refractivity contribution in [3.63, 3.8) is 0 Å². The molecule has 18 heavy (non-hydrogen) atoms. The Hall–Kier alpha value is -0.120. The summed E-state index contributed by atoms with van der Waals surface area (Å²) in [4.78, 5) is 0. The molecule has 3 nitrogen and oxygen atoms in total. The molecule has 0 saturated heterocycles. The highest BCUT2D eigenvalue weighted by Crippen LogP contribution is 2.50. The van der Waals surface area contributed by atoms with Crippen molar-refractivity contribution in [2.75, 3.05) is 6.61 Å². The summed E-state index contributed by atoms with van der Waals surface area (Å²) in [6.07, 6.45) is 8.79. The van der Waals surface area contributed by atoms with Gasteiger partial charge in [0.2, 0.25) is 0 Å². The Balaban J connectivity index is 1.65. The van der Waals surface area contributed by atoms with Crippen LogP contribution in [0.3, 0.4) is 0 Å². The monoisotopic (exact) mass is 253 g/mol. The minimum Gasteiger partial charge on any atom is -0.368 e. The van der Waals surface area contributed by atoms with Gasteiger partial charge in [-0.15, -0.1) is 0 Å². The molecule has 0 aromatic carbocycles. The van der Waals surface area contributed by atoms with Crippen LogP contribution in [-0.4, -0.2) is 30.1 Å². The van der Waals surface area contributed by atoms with Gasteiger partial charge in [0.25, 0.3) is 0 Å². The Morgan fingerprint density at radius 1 is 1.17 bits per heavy atom. The predicted molar refractivity (Wildman–Crippen MR) is 71.1 cm³/mol. The van der Waals surface area contributed by atoms with Crippen LogP contribution in [0.5, 0.6) is 0 Å². The molecular formula is C15H27NO2. The standard InChI is InChI=1S/C15H27NO2/c1-2-18-15(17)13-10-7-8-11(9-10)14(13)16-12-5-3-4-6-12/h10-17H,2-9H2,1H3/t10-,11+,13+,14-,15?/m0/s1. The fraction of sp³-hybridized carbons (Fsp3) is 1.00. The van der Waals surface area contributed by atoms with Gasteiger partial charge >= 0.3 is 0 Å². The molecule has 3 aliphatic carbocycles. The zero-order valence-electron chi connectivity index (χ0n) is 11.5. The summed E-state index contributed by atoms with van der Waals surface area (Å²) in [6, 6.07) is 1.21. The van der Waals surface area contributed by atoms with Gasteiger partial charge in [0.15, 0.2) is 6.29 Å². The van der Waals surface area contributed by atoms with Gasteiger partial charge in [0.05, 0.1) is 0 Å². The fourth-order valence-corrected chi connectivity index (χ4v) is 4.64. The van der Waals surface area contributed by atoms with Gasteiger partial charge in [0.1, 0.15) is 0 Å². The van der Waals surface area contributed by atoms with E-state index in [1.165, 1.54) is 44.9 Å².